The summed E-state index contributed by atoms with van der Waals surface area (Å²) in [5.74, 6) is 5.94. The van der Waals surface area contributed by atoms with Gasteiger partial charge in [-0.1, -0.05) is 72.7 Å². The fraction of sp³-hybridized carbons (Fsp3) is 0.158. The second kappa shape index (κ2) is 7.63. The van der Waals surface area contributed by atoms with Gasteiger partial charge in [-0.3, -0.25) is 0 Å². The number of allylic oxidation sites excluding steroid dienone is 1. The molecule has 0 atom stereocenters. The number of benzene rings is 2. The van der Waals surface area contributed by atoms with Gasteiger partial charge in [0.25, 0.3) is 8.32 Å². The highest BCUT2D eigenvalue weighted by atomic mass is 28.4. The van der Waals surface area contributed by atoms with Crippen LogP contribution in [0.25, 0.3) is 0 Å². The molecule has 1 nitrogen and oxygen atoms in total. The van der Waals surface area contributed by atoms with Crippen LogP contribution < -0.4 is 10.4 Å². The Morgan fingerprint density at radius 1 is 1.00 bits per heavy atom. The van der Waals surface area contributed by atoms with Crippen molar-refractivity contribution >= 4 is 18.7 Å². The van der Waals surface area contributed by atoms with Gasteiger partial charge in [0, 0.05) is 0 Å². The van der Waals surface area contributed by atoms with E-state index in [1.165, 1.54) is 10.4 Å². The molecule has 0 fully saturated rings. The molecule has 0 aliphatic heterocycles. The molecule has 0 bridgehead atoms. The second-order valence-corrected chi connectivity index (χ2v) is 8.27. The molecule has 0 aliphatic rings. The van der Waals surface area contributed by atoms with Crippen LogP contribution in [0.2, 0.25) is 6.04 Å². The summed E-state index contributed by atoms with van der Waals surface area (Å²) in [5, 5.41) is 2.52. The van der Waals surface area contributed by atoms with Crippen LogP contribution in [0, 0.1) is 11.8 Å². The van der Waals surface area contributed by atoms with Crippen LogP contribution in [0.4, 0.5) is 0 Å². The molecule has 0 saturated heterocycles. The third kappa shape index (κ3) is 3.52. The second-order valence-electron chi connectivity index (χ2n) is 4.77. The number of rotatable bonds is 6. The minimum Gasteiger partial charge on any atom is -0.397 e. The molecule has 0 unspecified atom stereocenters. The summed E-state index contributed by atoms with van der Waals surface area (Å²) in [6.45, 7) is 6.24. The lowest BCUT2D eigenvalue weighted by Crippen LogP contribution is -2.60. The lowest BCUT2D eigenvalue weighted by atomic mass is 10.4. The Bertz CT molecular complexity index is 583. The summed E-state index contributed by atoms with van der Waals surface area (Å²) in [5.41, 5.74) is 0. The molecular weight excluding hydrogens is 272 g/mol. The molecule has 21 heavy (non-hydrogen) atoms. The lowest BCUT2D eigenvalue weighted by Gasteiger charge is -2.30. The smallest absolute Gasteiger partial charge is 0.260 e. The maximum absolute atomic E-state index is 6.38. The molecule has 0 N–H and O–H groups in total. The number of hydrogen-bond donors (Lipinski definition) is 0. The summed E-state index contributed by atoms with van der Waals surface area (Å²) < 4.78 is 6.38. The molecule has 0 amide bonds. The van der Waals surface area contributed by atoms with E-state index in [0.717, 1.165) is 6.04 Å². The largest absolute Gasteiger partial charge is 0.397 e. The molecule has 0 spiro atoms. The first-order valence-corrected chi connectivity index (χ1v) is 9.20. The van der Waals surface area contributed by atoms with E-state index in [-0.39, 0.29) is 0 Å². The maximum Gasteiger partial charge on any atom is 0.260 e. The SMILES string of the molecule is C=CC[Si](OCC#CC)(c1ccccc1)c1ccccc1. The van der Waals surface area contributed by atoms with Gasteiger partial charge in [0.05, 0.1) is 6.61 Å². The third-order valence-corrected chi connectivity index (χ3v) is 7.51. The molecule has 2 heteroatoms. The predicted octanol–water partition coefficient (Wildman–Crippen LogP) is 2.97. The van der Waals surface area contributed by atoms with Crippen LogP contribution in [0.1, 0.15) is 6.92 Å². The monoisotopic (exact) mass is 292 g/mol. The Labute approximate surface area is 128 Å². The molecule has 106 valence electrons. The Kier molecular flexibility index (Phi) is 5.56. The average Bonchev–Trinajstić information content (AvgIpc) is 2.56. The van der Waals surface area contributed by atoms with Crippen LogP contribution in [-0.4, -0.2) is 14.9 Å². The van der Waals surface area contributed by atoms with Gasteiger partial charge in [-0.15, -0.1) is 12.5 Å². The van der Waals surface area contributed by atoms with Gasteiger partial charge >= 0.3 is 0 Å². The van der Waals surface area contributed by atoms with E-state index in [1.807, 2.05) is 25.1 Å². The molecule has 0 aliphatic carbocycles. The summed E-state index contributed by atoms with van der Waals surface area (Å²) in [6.07, 6.45) is 1.96. The van der Waals surface area contributed by atoms with Crippen molar-refractivity contribution in [3.63, 3.8) is 0 Å². The van der Waals surface area contributed by atoms with Crippen LogP contribution in [0.3, 0.4) is 0 Å². The van der Waals surface area contributed by atoms with Crippen LogP contribution in [0.5, 0.6) is 0 Å². The van der Waals surface area contributed by atoms with E-state index in [4.69, 9.17) is 4.43 Å². The summed E-state index contributed by atoms with van der Waals surface area (Å²) in [7, 11) is -2.31. The minimum atomic E-state index is -2.31. The Morgan fingerprint density at radius 2 is 1.52 bits per heavy atom. The topological polar surface area (TPSA) is 9.23 Å². The van der Waals surface area contributed by atoms with Crippen LogP contribution in [-0.2, 0) is 4.43 Å². The Balaban J connectivity index is 2.53. The van der Waals surface area contributed by atoms with Crippen molar-refractivity contribution in [1.82, 2.24) is 0 Å². The molecule has 0 saturated carbocycles. The van der Waals surface area contributed by atoms with E-state index >= 15 is 0 Å². The highest BCUT2D eigenvalue weighted by molar-refractivity contribution is 6.97. The molecule has 0 aromatic heterocycles. The van der Waals surface area contributed by atoms with Gasteiger partial charge < -0.3 is 4.43 Å². The first kappa shape index (κ1) is 15.3. The van der Waals surface area contributed by atoms with E-state index < -0.39 is 8.32 Å². The first-order chi connectivity index (χ1) is 10.3. The number of hydrogen-bond acceptors (Lipinski definition) is 1. The van der Waals surface area contributed by atoms with Crippen molar-refractivity contribution in [3.05, 3.63) is 73.3 Å². The normalized spacial score (nSPS) is 10.5. The zero-order valence-electron chi connectivity index (χ0n) is 12.4. The predicted molar refractivity (Wildman–Crippen MR) is 92.3 cm³/mol. The minimum absolute atomic E-state index is 0.459. The fourth-order valence-electron chi connectivity index (χ4n) is 2.48. The molecular formula is C19H20OSi. The van der Waals surface area contributed by atoms with Crippen molar-refractivity contribution in [1.29, 1.82) is 0 Å². The van der Waals surface area contributed by atoms with Gasteiger partial charge in [-0.25, -0.2) is 0 Å². The van der Waals surface area contributed by atoms with Gasteiger partial charge in [0.2, 0.25) is 0 Å². The summed E-state index contributed by atoms with van der Waals surface area (Å²) in [4.78, 5) is 0. The van der Waals surface area contributed by atoms with Gasteiger partial charge in [0.15, 0.2) is 0 Å². The van der Waals surface area contributed by atoms with E-state index in [0.29, 0.717) is 6.61 Å². The lowest BCUT2D eigenvalue weighted by molar-refractivity contribution is 0.371. The first-order valence-electron chi connectivity index (χ1n) is 7.09. The third-order valence-electron chi connectivity index (χ3n) is 3.48. The zero-order chi connectivity index (χ0) is 15.0. The average molecular weight is 292 g/mol. The van der Waals surface area contributed by atoms with Gasteiger partial charge in [-0.05, 0) is 23.3 Å². The highest BCUT2D eigenvalue weighted by Gasteiger charge is 2.38. The summed E-state index contributed by atoms with van der Waals surface area (Å²) >= 11 is 0. The van der Waals surface area contributed by atoms with Crippen LogP contribution in [0.15, 0.2) is 73.3 Å². The van der Waals surface area contributed by atoms with Crippen molar-refractivity contribution in [2.75, 3.05) is 6.61 Å². The zero-order valence-corrected chi connectivity index (χ0v) is 13.4. The van der Waals surface area contributed by atoms with Crippen molar-refractivity contribution in [3.8, 4) is 11.8 Å². The van der Waals surface area contributed by atoms with E-state index in [9.17, 15) is 0 Å². The van der Waals surface area contributed by atoms with Crippen LogP contribution >= 0.6 is 0 Å². The summed E-state index contributed by atoms with van der Waals surface area (Å²) in [6, 6.07) is 21.8. The molecule has 2 aromatic rings. The van der Waals surface area contributed by atoms with Gasteiger partial charge in [0.1, 0.15) is 0 Å². The van der Waals surface area contributed by atoms with Crippen molar-refractivity contribution in [2.45, 2.75) is 13.0 Å². The van der Waals surface area contributed by atoms with E-state index in [2.05, 4.69) is 67.0 Å². The quantitative estimate of drug-likeness (QED) is 0.452. The van der Waals surface area contributed by atoms with Crippen molar-refractivity contribution in [2.24, 2.45) is 0 Å². The van der Waals surface area contributed by atoms with Crippen molar-refractivity contribution < 1.29 is 4.43 Å². The Hall–Kier alpha value is -2.08. The maximum atomic E-state index is 6.38. The fourth-order valence-corrected chi connectivity index (χ4v) is 5.92. The molecule has 0 radical (unpaired) electrons. The molecule has 2 rings (SSSR count). The van der Waals surface area contributed by atoms with E-state index in [1.54, 1.807) is 0 Å². The van der Waals surface area contributed by atoms with Gasteiger partial charge in [-0.2, -0.15) is 0 Å². The Morgan fingerprint density at radius 3 is 1.95 bits per heavy atom. The highest BCUT2D eigenvalue weighted by Crippen LogP contribution is 2.14. The standard InChI is InChI=1S/C19H20OSi/c1-3-5-16-20-21(17-4-2,18-12-8-6-9-13-18)19-14-10-7-11-15-19/h4,6-15H,2,16-17H2,1H3. The molecule has 0 heterocycles. The molecule has 2 aromatic carbocycles.